The van der Waals surface area contributed by atoms with Crippen LogP contribution in [0.3, 0.4) is 0 Å². The van der Waals surface area contributed by atoms with Gasteiger partial charge in [0.25, 0.3) is 0 Å². The topological polar surface area (TPSA) is 38.5 Å². The van der Waals surface area contributed by atoms with Gasteiger partial charge in [0, 0.05) is 39.8 Å². The van der Waals surface area contributed by atoms with Crippen molar-refractivity contribution in [3.63, 3.8) is 0 Å². The summed E-state index contributed by atoms with van der Waals surface area (Å²) in [6, 6.07) is 16.2. The molecule has 0 N–H and O–H groups in total. The SMILES string of the molecule is Cc1cccc(CN2CCN(Cn3nc(COc4ccccc4Cl)n(C)c3=S)CC2)c1. The lowest BCUT2D eigenvalue weighted by atomic mass is 10.1. The van der Waals surface area contributed by atoms with E-state index in [2.05, 4.69) is 41.0 Å². The molecule has 6 nitrogen and oxygen atoms in total. The number of hydrogen-bond acceptors (Lipinski definition) is 5. The minimum atomic E-state index is 0.321. The van der Waals surface area contributed by atoms with E-state index in [-0.39, 0.29) is 0 Å². The van der Waals surface area contributed by atoms with Gasteiger partial charge in [0.05, 0.1) is 11.7 Å². The Hall–Kier alpha value is -2.19. The predicted octanol–water partition coefficient (Wildman–Crippen LogP) is 4.27. The lowest BCUT2D eigenvalue weighted by Gasteiger charge is -2.34. The summed E-state index contributed by atoms with van der Waals surface area (Å²) in [6.07, 6.45) is 0. The van der Waals surface area contributed by atoms with Gasteiger partial charge >= 0.3 is 0 Å². The van der Waals surface area contributed by atoms with E-state index in [9.17, 15) is 0 Å². The molecule has 1 aliphatic rings. The third kappa shape index (κ3) is 5.54. The van der Waals surface area contributed by atoms with Crippen molar-refractivity contribution in [3.05, 3.63) is 75.3 Å². The zero-order valence-electron chi connectivity index (χ0n) is 18.0. The highest BCUT2D eigenvalue weighted by atomic mass is 35.5. The molecule has 0 spiro atoms. The van der Waals surface area contributed by atoms with Crippen LogP contribution in [-0.4, -0.2) is 50.3 Å². The van der Waals surface area contributed by atoms with Crippen LogP contribution in [0.2, 0.25) is 5.02 Å². The number of halogens is 1. The Morgan fingerprint density at radius 2 is 1.77 bits per heavy atom. The van der Waals surface area contributed by atoms with Crippen LogP contribution in [0.15, 0.2) is 48.5 Å². The van der Waals surface area contributed by atoms with Crippen LogP contribution in [0.25, 0.3) is 0 Å². The summed E-state index contributed by atoms with van der Waals surface area (Å²) in [5, 5.41) is 5.29. The Kier molecular flexibility index (Phi) is 7.07. The first-order valence-electron chi connectivity index (χ1n) is 10.5. The minimum absolute atomic E-state index is 0.321. The van der Waals surface area contributed by atoms with Crippen molar-refractivity contribution in [2.75, 3.05) is 26.2 Å². The second kappa shape index (κ2) is 9.96. The van der Waals surface area contributed by atoms with Crippen molar-refractivity contribution in [3.8, 4) is 5.75 Å². The number of ether oxygens (including phenoxy) is 1. The molecule has 1 fully saturated rings. The Bertz CT molecular complexity index is 1090. The second-order valence-corrected chi connectivity index (χ2v) is 8.77. The number of nitrogens with zero attached hydrogens (tertiary/aromatic N) is 5. The third-order valence-electron chi connectivity index (χ3n) is 5.61. The maximum Gasteiger partial charge on any atom is 0.198 e. The summed E-state index contributed by atoms with van der Waals surface area (Å²) in [6.45, 7) is 8.23. The zero-order chi connectivity index (χ0) is 21.8. The number of rotatable bonds is 7. The fourth-order valence-corrected chi connectivity index (χ4v) is 4.20. The smallest absolute Gasteiger partial charge is 0.198 e. The van der Waals surface area contributed by atoms with Crippen LogP contribution in [-0.2, 0) is 26.9 Å². The molecule has 0 saturated carbocycles. The Labute approximate surface area is 193 Å². The fourth-order valence-electron chi connectivity index (χ4n) is 3.80. The highest BCUT2D eigenvalue weighted by molar-refractivity contribution is 7.71. The quantitative estimate of drug-likeness (QED) is 0.495. The van der Waals surface area contributed by atoms with Crippen LogP contribution < -0.4 is 4.74 Å². The van der Waals surface area contributed by atoms with Crippen LogP contribution in [0.4, 0.5) is 0 Å². The molecule has 0 aliphatic carbocycles. The first kappa shape index (κ1) is 22.0. The molecular weight excluding hydrogens is 430 g/mol. The van der Waals surface area contributed by atoms with Crippen molar-refractivity contribution >= 4 is 23.8 Å². The summed E-state index contributed by atoms with van der Waals surface area (Å²) >= 11 is 11.8. The highest BCUT2D eigenvalue weighted by Crippen LogP contribution is 2.24. The summed E-state index contributed by atoms with van der Waals surface area (Å²) in [5.74, 6) is 1.43. The van der Waals surface area contributed by atoms with Gasteiger partial charge in [-0.05, 0) is 36.8 Å². The Morgan fingerprint density at radius 1 is 1.03 bits per heavy atom. The molecule has 0 atom stereocenters. The molecular formula is C23H28ClN5OS. The molecule has 31 heavy (non-hydrogen) atoms. The number of para-hydroxylation sites is 1. The molecule has 1 aromatic heterocycles. The van der Waals surface area contributed by atoms with Gasteiger partial charge in [-0.3, -0.25) is 9.80 Å². The highest BCUT2D eigenvalue weighted by Gasteiger charge is 2.19. The molecule has 0 unspecified atom stereocenters. The van der Waals surface area contributed by atoms with E-state index in [1.54, 1.807) is 0 Å². The maximum atomic E-state index is 6.18. The normalized spacial score (nSPS) is 15.3. The number of piperazine rings is 1. The molecule has 4 rings (SSSR count). The fraction of sp³-hybridized carbons (Fsp3) is 0.391. The van der Waals surface area contributed by atoms with E-state index in [1.165, 1.54) is 11.1 Å². The van der Waals surface area contributed by atoms with E-state index < -0.39 is 0 Å². The van der Waals surface area contributed by atoms with E-state index in [0.29, 0.717) is 28.8 Å². The molecule has 0 amide bonds. The van der Waals surface area contributed by atoms with Gasteiger partial charge in [0.1, 0.15) is 12.4 Å². The molecule has 1 aliphatic heterocycles. The molecule has 164 valence electrons. The summed E-state index contributed by atoms with van der Waals surface area (Å²) < 4.78 is 10.3. The summed E-state index contributed by atoms with van der Waals surface area (Å²) in [5.41, 5.74) is 2.69. The average Bonchev–Trinajstić information content (AvgIpc) is 3.02. The first-order chi connectivity index (χ1) is 15.0. The number of benzene rings is 2. The minimum Gasteiger partial charge on any atom is -0.484 e. The van der Waals surface area contributed by atoms with E-state index >= 15 is 0 Å². The lowest BCUT2D eigenvalue weighted by Crippen LogP contribution is -2.46. The van der Waals surface area contributed by atoms with Gasteiger partial charge in [-0.15, -0.1) is 0 Å². The Morgan fingerprint density at radius 3 is 2.52 bits per heavy atom. The van der Waals surface area contributed by atoms with Crippen molar-refractivity contribution < 1.29 is 4.74 Å². The van der Waals surface area contributed by atoms with Gasteiger partial charge in [-0.1, -0.05) is 53.6 Å². The van der Waals surface area contributed by atoms with Gasteiger partial charge in [0.15, 0.2) is 10.6 Å². The van der Waals surface area contributed by atoms with Crippen LogP contribution in [0, 0.1) is 11.7 Å². The van der Waals surface area contributed by atoms with Gasteiger partial charge in [-0.2, -0.15) is 5.10 Å². The molecule has 1 saturated heterocycles. The first-order valence-corrected chi connectivity index (χ1v) is 11.3. The number of hydrogen-bond donors (Lipinski definition) is 0. The van der Waals surface area contributed by atoms with Gasteiger partial charge in [-0.25, -0.2) is 4.68 Å². The van der Waals surface area contributed by atoms with Crippen molar-refractivity contribution in [2.45, 2.75) is 26.7 Å². The molecule has 3 aromatic rings. The van der Waals surface area contributed by atoms with Crippen molar-refractivity contribution in [1.29, 1.82) is 0 Å². The van der Waals surface area contributed by atoms with Gasteiger partial charge in [0.2, 0.25) is 0 Å². The molecule has 0 radical (unpaired) electrons. The maximum absolute atomic E-state index is 6.18. The second-order valence-electron chi connectivity index (χ2n) is 8.00. The summed E-state index contributed by atoms with van der Waals surface area (Å²) in [4.78, 5) is 4.90. The Balaban J connectivity index is 1.32. The van der Waals surface area contributed by atoms with E-state index in [4.69, 9.17) is 33.7 Å². The standard InChI is InChI=1S/C23H28ClN5OS/c1-18-6-5-7-19(14-18)15-27-10-12-28(13-11-27)17-29-23(31)26(2)22(25-29)16-30-21-9-4-3-8-20(21)24/h3-9,14H,10-13,15-17H2,1-2H3. The van der Waals surface area contributed by atoms with Crippen LogP contribution in [0.5, 0.6) is 5.75 Å². The molecule has 0 bridgehead atoms. The zero-order valence-corrected chi connectivity index (χ0v) is 19.6. The van der Waals surface area contributed by atoms with Crippen LogP contribution >= 0.6 is 23.8 Å². The summed E-state index contributed by atoms with van der Waals surface area (Å²) in [7, 11) is 1.93. The van der Waals surface area contributed by atoms with Crippen molar-refractivity contribution in [1.82, 2.24) is 24.1 Å². The third-order valence-corrected chi connectivity index (χ3v) is 6.41. The lowest BCUT2D eigenvalue weighted by molar-refractivity contribution is 0.0978. The average molecular weight is 458 g/mol. The largest absolute Gasteiger partial charge is 0.484 e. The van der Waals surface area contributed by atoms with E-state index in [1.807, 2.05) is 40.6 Å². The molecule has 2 heterocycles. The monoisotopic (exact) mass is 457 g/mol. The predicted molar refractivity (Wildman–Crippen MR) is 126 cm³/mol. The van der Waals surface area contributed by atoms with Crippen molar-refractivity contribution in [2.24, 2.45) is 7.05 Å². The van der Waals surface area contributed by atoms with Crippen LogP contribution in [0.1, 0.15) is 17.0 Å². The van der Waals surface area contributed by atoms with E-state index in [0.717, 1.165) is 38.5 Å². The molecule has 2 aromatic carbocycles. The van der Waals surface area contributed by atoms with Gasteiger partial charge < -0.3 is 9.30 Å². The number of aromatic nitrogens is 3. The number of aryl methyl sites for hydroxylation is 1. The molecule has 8 heteroatoms.